The first-order chi connectivity index (χ1) is 11.2. The molecule has 0 saturated heterocycles. The maximum atomic E-state index is 12.3. The fourth-order valence-electron chi connectivity index (χ4n) is 2.76. The van der Waals surface area contributed by atoms with Gasteiger partial charge in [-0.15, -0.1) is 0 Å². The standard InChI is InChI=1S/C20H26N2O/c1-4-22(5-2)16(3)15-21-20(23)19-13-11-18(12-14-19)17-9-7-6-8-10-17/h6-14,16H,4-5,15H2,1-3H3,(H,21,23). The molecular weight excluding hydrogens is 284 g/mol. The van der Waals surface area contributed by atoms with Crippen molar-refractivity contribution in [3.8, 4) is 11.1 Å². The van der Waals surface area contributed by atoms with Gasteiger partial charge in [-0.3, -0.25) is 9.69 Å². The Balaban J connectivity index is 1.95. The molecule has 0 bridgehead atoms. The van der Waals surface area contributed by atoms with E-state index < -0.39 is 0 Å². The van der Waals surface area contributed by atoms with Crippen LogP contribution in [0.5, 0.6) is 0 Å². The van der Waals surface area contributed by atoms with E-state index in [0.717, 1.165) is 24.2 Å². The summed E-state index contributed by atoms with van der Waals surface area (Å²) in [6, 6.07) is 18.3. The van der Waals surface area contributed by atoms with E-state index in [1.807, 2.05) is 42.5 Å². The molecule has 0 radical (unpaired) electrons. The molecule has 1 atom stereocenters. The van der Waals surface area contributed by atoms with Crippen LogP contribution in [-0.4, -0.2) is 36.5 Å². The van der Waals surface area contributed by atoms with E-state index in [9.17, 15) is 4.79 Å². The molecule has 1 amide bonds. The highest BCUT2D eigenvalue weighted by molar-refractivity contribution is 5.94. The molecule has 3 nitrogen and oxygen atoms in total. The first kappa shape index (κ1) is 17.2. The van der Waals surface area contributed by atoms with Crippen molar-refractivity contribution in [3.63, 3.8) is 0 Å². The van der Waals surface area contributed by atoms with Crippen molar-refractivity contribution in [1.82, 2.24) is 10.2 Å². The van der Waals surface area contributed by atoms with Crippen molar-refractivity contribution in [1.29, 1.82) is 0 Å². The van der Waals surface area contributed by atoms with Gasteiger partial charge in [-0.25, -0.2) is 0 Å². The SMILES string of the molecule is CCN(CC)C(C)CNC(=O)c1ccc(-c2ccccc2)cc1. The molecule has 3 heteroatoms. The Morgan fingerprint density at radius 3 is 2.09 bits per heavy atom. The lowest BCUT2D eigenvalue weighted by Crippen LogP contribution is -2.41. The van der Waals surface area contributed by atoms with Crippen molar-refractivity contribution in [2.45, 2.75) is 26.8 Å². The summed E-state index contributed by atoms with van der Waals surface area (Å²) < 4.78 is 0. The van der Waals surface area contributed by atoms with E-state index in [1.165, 1.54) is 0 Å². The third-order valence-corrected chi connectivity index (χ3v) is 4.25. The molecule has 0 aliphatic carbocycles. The summed E-state index contributed by atoms with van der Waals surface area (Å²) in [6.45, 7) is 9.10. The van der Waals surface area contributed by atoms with Gasteiger partial charge in [0.05, 0.1) is 0 Å². The van der Waals surface area contributed by atoms with E-state index in [-0.39, 0.29) is 5.91 Å². The largest absolute Gasteiger partial charge is 0.350 e. The average Bonchev–Trinajstić information content (AvgIpc) is 2.61. The van der Waals surface area contributed by atoms with Gasteiger partial charge in [0.1, 0.15) is 0 Å². The van der Waals surface area contributed by atoms with Crippen LogP contribution < -0.4 is 5.32 Å². The Hall–Kier alpha value is -2.13. The second-order valence-corrected chi connectivity index (χ2v) is 5.72. The van der Waals surface area contributed by atoms with Gasteiger partial charge in [0.25, 0.3) is 5.91 Å². The molecule has 0 aliphatic heterocycles. The van der Waals surface area contributed by atoms with Gasteiger partial charge in [0.2, 0.25) is 0 Å². The summed E-state index contributed by atoms with van der Waals surface area (Å²) in [5.74, 6) is -0.0105. The van der Waals surface area contributed by atoms with E-state index >= 15 is 0 Å². The Morgan fingerprint density at radius 1 is 0.957 bits per heavy atom. The van der Waals surface area contributed by atoms with Crippen molar-refractivity contribution in [2.24, 2.45) is 0 Å². The summed E-state index contributed by atoms with van der Waals surface area (Å²) in [6.07, 6.45) is 0. The summed E-state index contributed by atoms with van der Waals surface area (Å²) in [7, 11) is 0. The summed E-state index contributed by atoms with van der Waals surface area (Å²) in [5, 5.41) is 3.03. The number of hydrogen-bond donors (Lipinski definition) is 1. The van der Waals surface area contributed by atoms with E-state index in [4.69, 9.17) is 0 Å². The highest BCUT2D eigenvalue weighted by atomic mass is 16.1. The predicted molar refractivity (Wildman–Crippen MR) is 96.6 cm³/mol. The van der Waals surface area contributed by atoms with Gasteiger partial charge in [-0.05, 0) is 43.3 Å². The van der Waals surface area contributed by atoms with Crippen LogP contribution in [0.15, 0.2) is 54.6 Å². The molecule has 1 unspecified atom stereocenters. The summed E-state index contributed by atoms with van der Waals surface area (Å²) in [5.41, 5.74) is 2.99. The molecule has 0 saturated carbocycles. The van der Waals surface area contributed by atoms with Crippen LogP contribution in [0.1, 0.15) is 31.1 Å². The summed E-state index contributed by atoms with van der Waals surface area (Å²) >= 11 is 0. The molecular formula is C20H26N2O. The average molecular weight is 310 g/mol. The van der Waals surface area contributed by atoms with Gasteiger partial charge in [-0.2, -0.15) is 0 Å². The minimum atomic E-state index is -0.0105. The molecule has 0 aromatic heterocycles. The molecule has 1 N–H and O–H groups in total. The van der Waals surface area contributed by atoms with E-state index in [1.54, 1.807) is 0 Å². The summed E-state index contributed by atoms with van der Waals surface area (Å²) in [4.78, 5) is 14.6. The topological polar surface area (TPSA) is 32.3 Å². The van der Waals surface area contributed by atoms with Crippen LogP contribution in [0, 0.1) is 0 Å². The zero-order valence-electron chi connectivity index (χ0n) is 14.3. The van der Waals surface area contributed by atoms with Crippen LogP contribution in [0.25, 0.3) is 11.1 Å². The molecule has 2 aromatic rings. The van der Waals surface area contributed by atoms with Crippen molar-refractivity contribution in [2.75, 3.05) is 19.6 Å². The monoisotopic (exact) mass is 310 g/mol. The minimum Gasteiger partial charge on any atom is -0.350 e. The third kappa shape index (κ3) is 4.67. The van der Waals surface area contributed by atoms with Crippen LogP contribution >= 0.6 is 0 Å². The van der Waals surface area contributed by atoms with Crippen LogP contribution in [0.4, 0.5) is 0 Å². The van der Waals surface area contributed by atoms with Crippen LogP contribution in [0.2, 0.25) is 0 Å². The number of nitrogens with one attached hydrogen (secondary N) is 1. The van der Waals surface area contributed by atoms with E-state index in [2.05, 4.69) is 43.1 Å². The molecule has 23 heavy (non-hydrogen) atoms. The smallest absolute Gasteiger partial charge is 0.251 e. The van der Waals surface area contributed by atoms with Gasteiger partial charge in [0, 0.05) is 18.2 Å². The number of nitrogens with zero attached hydrogens (tertiary/aromatic N) is 1. The Bertz CT molecular complexity index is 603. The molecule has 122 valence electrons. The second-order valence-electron chi connectivity index (χ2n) is 5.72. The van der Waals surface area contributed by atoms with E-state index in [0.29, 0.717) is 18.2 Å². The van der Waals surface area contributed by atoms with Crippen molar-refractivity contribution in [3.05, 3.63) is 60.2 Å². The minimum absolute atomic E-state index is 0.0105. The number of hydrogen-bond acceptors (Lipinski definition) is 2. The predicted octanol–water partition coefficient (Wildman–Crippen LogP) is 3.81. The number of carbonyl (C=O) groups excluding carboxylic acids is 1. The first-order valence-corrected chi connectivity index (χ1v) is 8.33. The van der Waals surface area contributed by atoms with Gasteiger partial charge >= 0.3 is 0 Å². The molecule has 2 aromatic carbocycles. The highest BCUT2D eigenvalue weighted by Gasteiger charge is 2.12. The number of amides is 1. The Labute approximate surface area is 139 Å². The van der Waals surface area contributed by atoms with Crippen molar-refractivity contribution < 1.29 is 4.79 Å². The third-order valence-electron chi connectivity index (χ3n) is 4.25. The lowest BCUT2D eigenvalue weighted by molar-refractivity contribution is 0.0938. The van der Waals surface area contributed by atoms with Gasteiger partial charge < -0.3 is 5.32 Å². The number of likely N-dealkylation sites (N-methyl/N-ethyl adjacent to an activating group) is 1. The zero-order valence-corrected chi connectivity index (χ0v) is 14.3. The van der Waals surface area contributed by atoms with Crippen LogP contribution in [0.3, 0.4) is 0 Å². The quantitative estimate of drug-likeness (QED) is 0.843. The molecule has 0 heterocycles. The highest BCUT2D eigenvalue weighted by Crippen LogP contribution is 2.19. The Kier molecular flexibility index (Phi) is 6.36. The van der Waals surface area contributed by atoms with Gasteiger partial charge in [-0.1, -0.05) is 56.3 Å². The Morgan fingerprint density at radius 2 is 1.52 bits per heavy atom. The first-order valence-electron chi connectivity index (χ1n) is 8.33. The number of benzene rings is 2. The lowest BCUT2D eigenvalue weighted by Gasteiger charge is -2.26. The zero-order chi connectivity index (χ0) is 16.7. The van der Waals surface area contributed by atoms with Gasteiger partial charge in [0.15, 0.2) is 0 Å². The lowest BCUT2D eigenvalue weighted by atomic mass is 10.0. The molecule has 0 spiro atoms. The normalized spacial score (nSPS) is 12.2. The van der Waals surface area contributed by atoms with Crippen molar-refractivity contribution >= 4 is 5.91 Å². The second kappa shape index (κ2) is 8.49. The van der Waals surface area contributed by atoms with Crippen LogP contribution in [-0.2, 0) is 0 Å². The number of rotatable bonds is 7. The molecule has 2 rings (SSSR count). The maximum Gasteiger partial charge on any atom is 0.251 e. The number of carbonyl (C=O) groups is 1. The fourth-order valence-corrected chi connectivity index (χ4v) is 2.76. The molecule has 0 aliphatic rings. The maximum absolute atomic E-state index is 12.3. The molecule has 0 fully saturated rings. The fraction of sp³-hybridized carbons (Fsp3) is 0.350.